The summed E-state index contributed by atoms with van der Waals surface area (Å²) in [6.45, 7) is 2.01. The van der Waals surface area contributed by atoms with Gasteiger partial charge in [0.05, 0.1) is 25.7 Å². The molecule has 1 saturated carbocycles. The highest BCUT2D eigenvalue weighted by Gasteiger charge is 2.49. The zero-order valence-electron chi connectivity index (χ0n) is 25.5. The van der Waals surface area contributed by atoms with Crippen molar-refractivity contribution in [3.63, 3.8) is 0 Å². The number of urea groups is 1. The highest BCUT2D eigenvalue weighted by Crippen LogP contribution is 2.47. The van der Waals surface area contributed by atoms with E-state index < -0.39 is 35.5 Å². The molecule has 45 heavy (non-hydrogen) atoms. The fourth-order valence-corrected chi connectivity index (χ4v) is 6.53. The highest BCUT2D eigenvalue weighted by molar-refractivity contribution is 5.89. The van der Waals surface area contributed by atoms with E-state index in [2.05, 4.69) is 20.1 Å². The Balaban J connectivity index is 1.63. The lowest BCUT2D eigenvalue weighted by Gasteiger charge is -2.47. The van der Waals surface area contributed by atoms with Crippen molar-refractivity contribution in [1.29, 1.82) is 0 Å². The number of imidazole rings is 1. The molecule has 1 aliphatic carbocycles. The maximum atomic E-state index is 14.2. The van der Waals surface area contributed by atoms with Gasteiger partial charge in [-0.05, 0) is 49.3 Å². The molecular formula is C31H40F3N5O6. The van der Waals surface area contributed by atoms with Crippen LogP contribution in [-0.2, 0) is 32.2 Å². The van der Waals surface area contributed by atoms with Crippen molar-refractivity contribution >= 4 is 23.7 Å². The largest absolute Gasteiger partial charge is 0.497 e. The van der Waals surface area contributed by atoms with Crippen LogP contribution in [0.1, 0.15) is 69.5 Å². The zero-order chi connectivity index (χ0) is 32.6. The van der Waals surface area contributed by atoms with E-state index in [9.17, 15) is 32.3 Å². The van der Waals surface area contributed by atoms with Crippen LogP contribution in [0, 0.1) is 11.3 Å². The number of hydrogen-bond donors (Lipinski definition) is 2. The van der Waals surface area contributed by atoms with E-state index in [1.165, 1.54) is 24.5 Å². The molecule has 14 heteroatoms. The van der Waals surface area contributed by atoms with E-state index >= 15 is 0 Å². The minimum absolute atomic E-state index is 0.162. The topological polar surface area (TPSA) is 134 Å². The average molecular weight is 636 g/mol. The summed E-state index contributed by atoms with van der Waals surface area (Å²) in [4.78, 5) is 65.6. The lowest BCUT2D eigenvalue weighted by atomic mass is 9.61. The Bertz CT molecular complexity index is 1300. The number of hydroxylamine groups is 2. The second-order valence-electron chi connectivity index (χ2n) is 11.6. The van der Waals surface area contributed by atoms with Crippen molar-refractivity contribution in [2.45, 2.75) is 83.5 Å². The molecule has 1 aromatic carbocycles. The molecule has 0 radical (unpaired) electrons. The molecule has 0 spiro atoms. The molecule has 11 nitrogen and oxygen atoms in total. The number of carbonyl (C=O) groups excluding carboxylic acids is 4. The molecule has 1 atom stereocenters. The molecular weight excluding hydrogens is 595 g/mol. The molecule has 1 saturated heterocycles. The number of carbonyl (C=O) groups is 4. The molecule has 1 aromatic heterocycles. The molecule has 0 bridgehead atoms. The smallest absolute Gasteiger partial charge is 0.493 e. The van der Waals surface area contributed by atoms with Crippen LogP contribution in [-0.4, -0.2) is 76.0 Å². The Labute approximate surface area is 259 Å². The SMILES string of the molecule is CCC(=O)C1(C2CCCCC2)CCN(C(=O)C(Cc2ccc(OC)cc2)N(OC(=O)C(F)(F)F)C(=O)NCc2cnc[nH]2)CC1. The van der Waals surface area contributed by atoms with Crippen molar-refractivity contribution < 1.29 is 41.9 Å². The lowest BCUT2D eigenvalue weighted by Crippen LogP contribution is -2.58. The molecule has 4 rings (SSSR count). The second-order valence-corrected chi connectivity index (χ2v) is 11.6. The fraction of sp³-hybridized carbons (Fsp3) is 0.581. The predicted molar refractivity (Wildman–Crippen MR) is 155 cm³/mol. The summed E-state index contributed by atoms with van der Waals surface area (Å²) in [5, 5.41) is 2.58. The fourth-order valence-electron chi connectivity index (χ4n) is 6.53. The van der Waals surface area contributed by atoms with Gasteiger partial charge in [-0.25, -0.2) is 14.6 Å². The summed E-state index contributed by atoms with van der Waals surface area (Å²) in [6.07, 6.45) is 3.37. The number of ketones is 1. The number of methoxy groups -OCH3 is 1. The van der Waals surface area contributed by atoms with Crippen LogP contribution in [0.3, 0.4) is 0 Å². The molecule has 2 N–H and O–H groups in total. The molecule has 2 fully saturated rings. The van der Waals surface area contributed by atoms with Crippen molar-refractivity contribution in [2.75, 3.05) is 20.2 Å². The number of likely N-dealkylation sites (tertiary alicyclic amines) is 1. The molecule has 1 aliphatic heterocycles. The summed E-state index contributed by atoms with van der Waals surface area (Å²) in [5.41, 5.74) is 0.346. The Morgan fingerprint density at radius 2 is 1.78 bits per heavy atom. The number of alkyl halides is 3. The van der Waals surface area contributed by atoms with Gasteiger partial charge in [0.15, 0.2) is 6.04 Å². The first-order valence-corrected chi connectivity index (χ1v) is 15.3. The van der Waals surface area contributed by atoms with Gasteiger partial charge >= 0.3 is 18.2 Å². The number of hydrogen-bond acceptors (Lipinski definition) is 7. The molecule has 3 amide bonds. The standard InChI is InChI=1S/C31H40F3N5O6/c1-3-26(40)30(22-7-5-4-6-8-22)13-15-38(16-14-30)27(41)25(17-21-9-11-24(44-2)12-10-21)39(45-28(42)31(32,33)34)29(43)36-19-23-18-35-20-37-23/h9-12,18,20,22,25H,3-8,13-17,19H2,1-2H3,(H,35,37)(H,36,43). The van der Waals surface area contributed by atoms with E-state index in [1.807, 2.05) is 6.92 Å². The third kappa shape index (κ3) is 8.14. The Hall–Kier alpha value is -4.10. The van der Waals surface area contributed by atoms with Crippen molar-refractivity contribution in [3.8, 4) is 5.75 Å². The van der Waals surface area contributed by atoms with Gasteiger partial charge in [0, 0.05) is 37.5 Å². The van der Waals surface area contributed by atoms with Crippen LogP contribution >= 0.6 is 0 Å². The van der Waals surface area contributed by atoms with Crippen LogP contribution < -0.4 is 10.1 Å². The van der Waals surface area contributed by atoms with E-state index in [0.29, 0.717) is 36.3 Å². The number of ether oxygens (including phenoxy) is 1. The summed E-state index contributed by atoms with van der Waals surface area (Å²) < 4.78 is 45.4. The predicted octanol–water partition coefficient (Wildman–Crippen LogP) is 4.73. The number of nitrogens with zero attached hydrogens (tertiary/aromatic N) is 3. The van der Waals surface area contributed by atoms with Crippen LogP contribution in [0.15, 0.2) is 36.8 Å². The first-order chi connectivity index (χ1) is 21.5. The van der Waals surface area contributed by atoms with Gasteiger partial charge in [-0.2, -0.15) is 13.2 Å². The van der Waals surface area contributed by atoms with Gasteiger partial charge in [-0.15, -0.1) is 5.06 Å². The van der Waals surface area contributed by atoms with Crippen molar-refractivity contribution in [2.24, 2.45) is 11.3 Å². The molecule has 1 unspecified atom stereocenters. The first-order valence-electron chi connectivity index (χ1n) is 15.3. The molecule has 246 valence electrons. The van der Waals surface area contributed by atoms with Crippen LogP contribution in [0.2, 0.25) is 0 Å². The zero-order valence-corrected chi connectivity index (χ0v) is 25.5. The average Bonchev–Trinajstić information content (AvgIpc) is 3.58. The number of halogens is 3. The Morgan fingerprint density at radius 3 is 2.33 bits per heavy atom. The minimum Gasteiger partial charge on any atom is -0.497 e. The highest BCUT2D eigenvalue weighted by atomic mass is 19.4. The molecule has 2 aliphatic rings. The van der Waals surface area contributed by atoms with Gasteiger partial charge < -0.3 is 24.8 Å². The van der Waals surface area contributed by atoms with E-state index in [4.69, 9.17) is 4.74 Å². The lowest BCUT2D eigenvalue weighted by molar-refractivity contribution is -0.234. The summed E-state index contributed by atoms with van der Waals surface area (Å²) in [7, 11) is 1.47. The minimum atomic E-state index is -5.43. The maximum absolute atomic E-state index is 14.2. The van der Waals surface area contributed by atoms with Gasteiger partial charge in [0.25, 0.3) is 0 Å². The van der Waals surface area contributed by atoms with E-state index in [-0.39, 0.29) is 42.8 Å². The number of nitrogens with one attached hydrogen (secondary N) is 2. The van der Waals surface area contributed by atoms with Crippen molar-refractivity contribution in [1.82, 2.24) is 25.2 Å². The van der Waals surface area contributed by atoms with Crippen LogP contribution in [0.25, 0.3) is 0 Å². The van der Waals surface area contributed by atoms with Gasteiger partial charge in [0.1, 0.15) is 11.5 Å². The molecule has 2 heterocycles. The third-order valence-corrected chi connectivity index (χ3v) is 8.98. The van der Waals surface area contributed by atoms with E-state index in [1.54, 1.807) is 24.3 Å². The number of aromatic amines is 1. The van der Waals surface area contributed by atoms with Gasteiger partial charge in [-0.3, -0.25) is 9.59 Å². The Morgan fingerprint density at radius 1 is 1.11 bits per heavy atom. The molecule has 2 aromatic rings. The number of H-pyrrole nitrogens is 1. The van der Waals surface area contributed by atoms with Gasteiger partial charge in [-0.1, -0.05) is 38.3 Å². The van der Waals surface area contributed by atoms with Gasteiger partial charge in [0.2, 0.25) is 5.91 Å². The van der Waals surface area contributed by atoms with E-state index in [0.717, 1.165) is 32.1 Å². The second kappa shape index (κ2) is 14.8. The summed E-state index contributed by atoms with van der Waals surface area (Å²) >= 11 is 0. The number of amides is 3. The van der Waals surface area contributed by atoms with Crippen LogP contribution in [0.5, 0.6) is 5.75 Å². The third-order valence-electron chi connectivity index (χ3n) is 8.98. The normalized spacial score (nSPS) is 17.7. The van der Waals surface area contributed by atoms with Crippen LogP contribution in [0.4, 0.5) is 18.0 Å². The monoisotopic (exact) mass is 635 g/mol. The maximum Gasteiger partial charge on any atom is 0.493 e. The quantitative estimate of drug-likeness (QED) is 0.361. The number of benzene rings is 1. The summed E-state index contributed by atoms with van der Waals surface area (Å²) in [6, 6.07) is 3.57. The van der Waals surface area contributed by atoms with Crippen molar-refractivity contribution in [3.05, 3.63) is 48.0 Å². The number of aromatic nitrogens is 2. The number of piperidine rings is 1. The Kier molecular flexibility index (Phi) is 11.1. The first kappa shape index (κ1) is 33.8. The number of Topliss-reactive ketones (excluding diaryl/α,β-unsaturated/α-hetero) is 1. The number of rotatable bonds is 10. The summed E-state index contributed by atoms with van der Waals surface area (Å²) in [5.74, 6) is -2.46.